The molecule has 64 valence electrons. The summed E-state index contributed by atoms with van der Waals surface area (Å²) in [6, 6.07) is 0. The highest BCUT2D eigenvalue weighted by Crippen LogP contribution is 2.54. The van der Waals surface area contributed by atoms with Gasteiger partial charge in [-0.2, -0.15) is 0 Å². The van der Waals surface area contributed by atoms with Gasteiger partial charge in [-0.25, -0.2) is 0 Å². The van der Waals surface area contributed by atoms with Gasteiger partial charge in [0.05, 0.1) is 11.8 Å². The van der Waals surface area contributed by atoms with Crippen molar-refractivity contribution in [1.29, 1.82) is 0 Å². The summed E-state index contributed by atoms with van der Waals surface area (Å²) in [6.45, 7) is 0. The predicted octanol–water partition coefficient (Wildman–Crippen LogP) is 0.305. The van der Waals surface area contributed by atoms with E-state index in [1.807, 2.05) is 0 Å². The first kappa shape index (κ1) is 6.63. The van der Waals surface area contributed by atoms with Crippen LogP contribution in [0.25, 0.3) is 0 Å². The topological polar surface area (TPSA) is 46.2 Å². The fraction of sp³-hybridized carbons (Fsp3) is 0.778. The fourth-order valence-corrected chi connectivity index (χ4v) is 3.33. The Labute approximate surface area is 70.5 Å². The zero-order chi connectivity index (χ0) is 8.29. The van der Waals surface area contributed by atoms with Crippen LogP contribution < -0.4 is 5.32 Å². The molecule has 3 heteroatoms. The summed E-state index contributed by atoms with van der Waals surface area (Å²) < 4.78 is 0. The van der Waals surface area contributed by atoms with Crippen molar-refractivity contribution in [2.75, 3.05) is 0 Å². The molecule has 2 saturated carbocycles. The largest absolute Gasteiger partial charge is 0.296 e. The molecule has 3 nitrogen and oxygen atoms in total. The maximum absolute atomic E-state index is 11.3. The molecule has 1 aliphatic heterocycles. The second kappa shape index (κ2) is 1.90. The minimum Gasteiger partial charge on any atom is -0.296 e. The number of imide groups is 1. The van der Waals surface area contributed by atoms with Crippen molar-refractivity contribution in [3.8, 4) is 0 Å². The van der Waals surface area contributed by atoms with Crippen LogP contribution in [0.2, 0.25) is 0 Å². The second-order valence-electron chi connectivity index (χ2n) is 4.24. The lowest BCUT2D eigenvalue weighted by molar-refractivity contribution is -0.126. The molecule has 1 saturated heterocycles. The molecule has 2 bridgehead atoms. The van der Waals surface area contributed by atoms with E-state index in [-0.39, 0.29) is 23.7 Å². The molecule has 3 rings (SSSR count). The molecule has 0 aromatic rings. The molecule has 1 N–H and O–H groups in total. The maximum atomic E-state index is 11.3. The first-order chi connectivity index (χ1) is 5.77. The van der Waals surface area contributed by atoms with Gasteiger partial charge in [-0.15, -0.1) is 0 Å². The predicted molar refractivity (Wildman–Crippen MR) is 41.0 cm³/mol. The average molecular weight is 165 g/mol. The Bertz CT molecular complexity index is 248. The smallest absolute Gasteiger partial charge is 0.230 e. The molecule has 3 aliphatic rings. The normalized spacial score (nSPS) is 49.7. The number of carbonyl (C=O) groups is 2. The summed E-state index contributed by atoms with van der Waals surface area (Å²) in [6.07, 6.45) is 3.44. The third kappa shape index (κ3) is 0.586. The summed E-state index contributed by atoms with van der Waals surface area (Å²) in [5, 5.41) is 2.44. The summed E-state index contributed by atoms with van der Waals surface area (Å²) in [5.74, 6) is 1.14. The number of hydrogen-bond donors (Lipinski definition) is 1. The monoisotopic (exact) mass is 165 g/mol. The van der Waals surface area contributed by atoms with Crippen LogP contribution >= 0.6 is 0 Å². The van der Waals surface area contributed by atoms with Crippen LogP contribution in [0.1, 0.15) is 19.3 Å². The third-order valence-corrected chi connectivity index (χ3v) is 3.77. The molecule has 0 aromatic carbocycles. The van der Waals surface area contributed by atoms with Gasteiger partial charge in [0.2, 0.25) is 11.8 Å². The van der Waals surface area contributed by atoms with Crippen LogP contribution in [-0.2, 0) is 9.59 Å². The van der Waals surface area contributed by atoms with E-state index in [1.54, 1.807) is 0 Å². The number of rotatable bonds is 0. The van der Waals surface area contributed by atoms with Crippen molar-refractivity contribution in [3.05, 3.63) is 0 Å². The zero-order valence-electron chi connectivity index (χ0n) is 6.75. The molecule has 1 heterocycles. The van der Waals surface area contributed by atoms with Crippen molar-refractivity contribution >= 4 is 11.8 Å². The van der Waals surface area contributed by atoms with E-state index in [2.05, 4.69) is 5.32 Å². The third-order valence-electron chi connectivity index (χ3n) is 3.77. The number of nitrogens with one attached hydrogen (secondary N) is 1. The van der Waals surface area contributed by atoms with Gasteiger partial charge >= 0.3 is 0 Å². The molecule has 12 heavy (non-hydrogen) atoms. The Balaban J connectivity index is 2.03. The standard InChI is InChI=1S/C9H11NO2/c11-8-6-4-1-2-5(3-4)7(6)9(12)10-8/h4-7H,1-3H2,(H,10,11,12). The Morgan fingerprint density at radius 1 is 1.00 bits per heavy atom. The van der Waals surface area contributed by atoms with Gasteiger partial charge in [-0.1, -0.05) is 0 Å². The van der Waals surface area contributed by atoms with Gasteiger partial charge < -0.3 is 0 Å². The van der Waals surface area contributed by atoms with Gasteiger partial charge in [0, 0.05) is 0 Å². The van der Waals surface area contributed by atoms with E-state index in [9.17, 15) is 9.59 Å². The molecular weight excluding hydrogens is 154 g/mol. The molecule has 3 fully saturated rings. The summed E-state index contributed by atoms with van der Waals surface area (Å²) in [7, 11) is 0. The molecule has 2 amide bonds. The van der Waals surface area contributed by atoms with Gasteiger partial charge in [-0.3, -0.25) is 14.9 Å². The number of hydrogen-bond acceptors (Lipinski definition) is 2. The Morgan fingerprint density at radius 3 is 2.00 bits per heavy atom. The highest BCUT2D eigenvalue weighted by molar-refractivity contribution is 6.05. The summed E-state index contributed by atoms with van der Waals surface area (Å²) in [5.41, 5.74) is 0. The van der Waals surface area contributed by atoms with E-state index in [4.69, 9.17) is 0 Å². The molecule has 4 atom stereocenters. The van der Waals surface area contributed by atoms with Crippen molar-refractivity contribution in [2.45, 2.75) is 19.3 Å². The molecular formula is C9H11NO2. The van der Waals surface area contributed by atoms with E-state index in [0.717, 1.165) is 19.3 Å². The lowest BCUT2D eigenvalue weighted by Gasteiger charge is -2.19. The first-order valence-electron chi connectivity index (χ1n) is 4.62. The molecule has 0 aromatic heterocycles. The van der Waals surface area contributed by atoms with E-state index >= 15 is 0 Å². The highest BCUT2D eigenvalue weighted by Gasteiger charge is 2.57. The van der Waals surface area contributed by atoms with Crippen molar-refractivity contribution in [3.63, 3.8) is 0 Å². The second-order valence-corrected chi connectivity index (χ2v) is 4.24. The van der Waals surface area contributed by atoms with E-state index in [1.165, 1.54) is 0 Å². The number of carbonyl (C=O) groups excluding carboxylic acids is 2. The highest BCUT2D eigenvalue weighted by atomic mass is 16.2. The van der Waals surface area contributed by atoms with Crippen LogP contribution in [-0.4, -0.2) is 11.8 Å². The lowest BCUT2D eigenvalue weighted by Crippen LogP contribution is -2.24. The van der Waals surface area contributed by atoms with Crippen molar-refractivity contribution in [1.82, 2.24) is 5.32 Å². The molecule has 4 unspecified atom stereocenters. The van der Waals surface area contributed by atoms with Gasteiger partial charge in [-0.05, 0) is 31.1 Å². The van der Waals surface area contributed by atoms with Gasteiger partial charge in [0.25, 0.3) is 0 Å². The van der Waals surface area contributed by atoms with Gasteiger partial charge in [0.1, 0.15) is 0 Å². The number of fused-ring (bicyclic) bond motifs is 5. The summed E-state index contributed by atoms with van der Waals surface area (Å²) >= 11 is 0. The molecule has 0 radical (unpaired) electrons. The number of amides is 2. The average Bonchev–Trinajstić information content (AvgIpc) is 2.64. The summed E-state index contributed by atoms with van der Waals surface area (Å²) in [4.78, 5) is 22.6. The maximum Gasteiger partial charge on any atom is 0.230 e. The Morgan fingerprint density at radius 2 is 1.50 bits per heavy atom. The van der Waals surface area contributed by atoms with Crippen molar-refractivity contribution in [2.24, 2.45) is 23.7 Å². The van der Waals surface area contributed by atoms with Crippen molar-refractivity contribution < 1.29 is 9.59 Å². The minimum atomic E-state index is -0.00259. The van der Waals surface area contributed by atoms with Crippen LogP contribution in [0.4, 0.5) is 0 Å². The molecule has 0 spiro atoms. The van der Waals surface area contributed by atoms with Crippen LogP contribution in [0.5, 0.6) is 0 Å². The van der Waals surface area contributed by atoms with Gasteiger partial charge in [0.15, 0.2) is 0 Å². The Hall–Kier alpha value is -0.860. The van der Waals surface area contributed by atoms with Crippen LogP contribution in [0.15, 0.2) is 0 Å². The molecule has 2 aliphatic carbocycles. The fourth-order valence-electron chi connectivity index (χ4n) is 3.33. The van der Waals surface area contributed by atoms with Crippen LogP contribution in [0, 0.1) is 23.7 Å². The first-order valence-corrected chi connectivity index (χ1v) is 4.62. The van der Waals surface area contributed by atoms with E-state index in [0.29, 0.717) is 11.8 Å². The quantitative estimate of drug-likeness (QED) is 0.525. The SMILES string of the molecule is O=C1NC(=O)C2C3CCC(C3)C12. The lowest BCUT2D eigenvalue weighted by atomic mass is 9.81. The van der Waals surface area contributed by atoms with E-state index < -0.39 is 0 Å². The minimum absolute atomic E-state index is 0.00259. The zero-order valence-corrected chi connectivity index (χ0v) is 6.75. The Kier molecular flexibility index (Phi) is 1.05. The van der Waals surface area contributed by atoms with Crippen LogP contribution in [0.3, 0.4) is 0 Å².